The molecule has 5 nitrogen and oxygen atoms in total. The van der Waals surface area contributed by atoms with E-state index in [1.807, 2.05) is 0 Å². The number of likely N-dealkylation sites (tertiary alicyclic amines) is 1. The van der Waals surface area contributed by atoms with E-state index in [1.54, 1.807) is 4.90 Å². The SMILES string of the molecule is O=C1CC(C(=O)N2CCC[C@@H]2CO)CN1c1ccc(F)cc1F. The summed E-state index contributed by atoms with van der Waals surface area (Å²) in [5.74, 6) is -2.62. The summed E-state index contributed by atoms with van der Waals surface area (Å²) in [6, 6.07) is 2.82. The average molecular weight is 324 g/mol. The van der Waals surface area contributed by atoms with Crippen molar-refractivity contribution < 1.29 is 23.5 Å². The minimum absolute atomic E-state index is 0.00426. The fourth-order valence-corrected chi connectivity index (χ4v) is 3.36. The van der Waals surface area contributed by atoms with Crippen LogP contribution in [0.1, 0.15) is 19.3 Å². The number of hydrogen-bond donors (Lipinski definition) is 1. The predicted molar refractivity (Wildman–Crippen MR) is 78.6 cm³/mol. The van der Waals surface area contributed by atoms with Gasteiger partial charge >= 0.3 is 0 Å². The summed E-state index contributed by atoms with van der Waals surface area (Å²) in [6.45, 7) is 0.553. The van der Waals surface area contributed by atoms with Crippen molar-refractivity contribution in [2.24, 2.45) is 5.92 Å². The predicted octanol–water partition coefficient (Wildman–Crippen LogP) is 1.30. The molecule has 2 aliphatic rings. The van der Waals surface area contributed by atoms with Gasteiger partial charge in [0.2, 0.25) is 11.8 Å². The molecule has 1 aromatic rings. The molecule has 2 aliphatic heterocycles. The number of carbonyl (C=O) groups excluding carboxylic acids is 2. The molecule has 1 N–H and O–H groups in total. The number of hydrogen-bond acceptors (Lipinski definition) is 3. The Bertz CT molecular complexity index is 638. The highest BCUT2D eigenvalue weighted by Gasteiger charge is 2.40. The molecule has 2 fully saturated rings. The van der Waals surface area contributed by atoms with Gasteiger partial charge in [0.1, 0.15) is 11.6 Å². The minimum Gasteiger partial charge on any atom is -0.394 e. The lowest BCUT2D eigenvalue weighted by molar-refractivity contribution is -0.137. The third-order valence-corrected chi connectivity index (χ3v) is 4.55. The Labute approximate surface area is 132 Å². The molecule has 0 aromatic heterocycles. The molecule has 0 spiro atoms. The van der Waals surface area contributed by atoms with Crippen LogP contribution in [0.2, 0.25) is 0 Å². The van der Waals surface area contributed by atoms with Gasteiger partial charge in [0.05, 0.1) is 24.3 Å². The van der Waals surface area contributed by atoms with Crippen LogP contribution in [0.15, 0.2) is 18.2 Å². The number of benzene rings is 1. The van der Waals surface area contributed by atoms with Gasteiger partial charge in [-0.15, -0.1) is 0 Å². The normalized spacial score (nSPS) is 24.6. The van der Waals surface area contributed by atoms with Crippen molar-refractivity contribution in [2.45, 2.75) is 25.3 Å². The molecule has 1 aromatic carbocycles. The van der Waals surface area contributed by atoms with E-state index in [0.29, 0.717) is 6.54 Å². The van der Waals surface area contributed by atoms with Crippen molar-refractivity contribution in [1.82, 2.24) is 4.90 Å². The number of aliphatic hydroxyl groups excluding tert-OH is 1. The Morgan fingerprint density at radius 3 is 2.83 bits per heavy atom. The second kappa shape index (κ2) is 6.23. The first-order chi connectivity index (χ1) is 11.0. The van der Waals surface area contributed by atoms with Crippen molar-refractivity contribution in [1.29, 1.82) is 0 Å². The lowest BCUT2D eigenvalue weighted by Crippen LogP contribution is -2.42. The summed E-state index contributed by atoms with van der Waals surface area (Å²) in [7, 11) is 0. The molecule has 124 valence electrons. The van der Waals surface area contributed by atoms with Crippen LogP contribution in [0.25, 0.3) is 0 Å². The van der Waals surface area contributed by atoms with E-state index in [1.165, 1.54) is 11.0 Å². The molecule has 0 bridgehead atoms. The summed E-state index contributed by atoms with van der Waals surface area (Å²) >= 11 is 0. The van der Waals surface area contributed by atoms with Gasteiger partial charge in [0.25, 0.3) is 0 Å². The number of carbonyl (C=O) groups is 2. The first kappa shape index (κ1) is 15.9. The van der Waals surface area contributed by atoms with Crippen molar-refractivity contribution in [3.8, 4) is 0 Å². The molecule has 0 saturated carbocycles. The van der Waals surface area contributed by atoms with Gasteiger partial charge in [-0.05, 0) is 25.0 Å². The van der Waals surface area contributed by atoms with E-state index in [4.69, 9.17) is 0 Å². The number of rotatable bonds is 3. The lowest BCUT2D eigenvalue weighted by Gasteiger charge is -2.26. The van der Waals surface area contributed by atoms with Gasteiger partial charge in [0.15, 0.2) is 0 Å². The topological polar surface area (TPSA) is 60.9 Å². The maximum Gasteiger partial charge on any atom is 0.228 e. The summed E-state index contributed by atoms with van der Waals surface area (Å²) in [5.41, 5.74) is -0.00756. The van der Waals surface area contributed by atoms with Gasteiger partial charge < -0.3 is 14.9 Å². The van der Waals surface area contributed by atoms with E-state index in [-0.39, 0.29) is 43.1 Å². The van der Waals surface area contributed by atoms with Crippen LogP contribution in [0.4, 0.5) is 14.5 Å². The largest absolute Gasteiger partial charge is 0.394 e. The third kappa shape index (κ3) is 2.93. The Hall–Kier alpha value is -2.02. The summed E-state index contributed by atoms with van der Waals surface area (Å²) < 4.78 is 26.9. The second-order valence-electron chi connectivity index (χ2n) is 6.01. The summed E-state index contributed by atoms with van der Waals surface area (Å²) in [6.07, 6.45) is 1.58. The zero-order valence-electron chi connectivity index (χ0n) is 12.5. The monoisotopic (exact) mass is 324 g/mol. The Morgan fingerprint density at radius 1 is 1.35 bits per heavy atom. The molecule has 2 saturated heterocycles. The zero-order chi connectivity index (χ0) is 16.6. The fourth-order valence-electron chi connectivity index (χ4n) is 3.36. The molecule has 23 heavy (non-hydrogen) atoms. The maximum absolute atomic E-state index is 13.9. The van der Waals surface area contributed by atoms with E-state index in [2.05, 4.69) is 0 Å². The van der Waals surface area contributed by atoms with Crippen LogP contribution >= 0.6 is 0 Å². The number of aliphatic hydroxyl groups is 1. The highest BCUT2D eigenvalue weighted by Crippen LogP contribution is 2.30. The molecule has 2 amide bonds. The Kier molecular flexibility index (Phi) is 4.30. The molecule has 0 aliphatic carbocycles. The highest BCUT2D eigenvalue weighted by molar-refractivity contribution is 6.00. The van der Waals surface area contributed by atoms with E-state index in [0.717, 1.165) is 25.0 Å². The molecular formula is C16H18F2N2O3. The average Bonchev–Trinajstić information content (AvgIpc) is 3.13. The van der Waals surface area contributed by atoms with Gasteiger partial charge in [0, 0.05) is 25.6 Å². The summed E-state index contributed by atoms with van der Waals surface area (Å²) in [4.78, 5) is 27.5. The highest BCUT2D eigenvalue weighted by atomic mass is 19.1. The standard InChI is InChI=1S/C16H18F2N2O3/c17-11-3-4-14(13(18)7-11)20-8-10(6-15(20)22)16(23)19-5-1-2-12(19)9-21/h3-4,7,10,12,21H,1-2,5-6,8-9H2/t10?,12-/m1/s1. The van der Waals surface area contributed by atoms with Crippen LogP contribution < -0.4 is 4.90 Å². The fraction of sp³-hybridized carbons (Fsp3) is 0.500. The number of anilines is 1. The van der Waals surface area contributed by atoms with Crippen LogP contribution in [0.5, 0.6) is 0 Å². The third-order valence-electron chi connectivity index (χ3n) is 4.55. The Morgan fingerprint density at radius 2 is 2.13 bits per heavy atom. The van der Waals surface area contributed by atoms with Crippen LogP contribution in [0, 0.1) is 17.6 Å². The van der Waals surface area contributed by atoms with Crippen molar-refractivity contribution >= 4 is 17.5 Å². The van der Waals surface area contributed by atoms with Crippen LogP contribution in [-0.2, 0) is 9.59 Å². The van der Waals surface area contributed by atoms with Crippen molar-refractivity contribution in [2.75, 3.05) is 24.6 Å². The molecule has 3 rings (SSSR count). The van der Waals surface area contributed by atoms with Gasteiger partial charge in [-0.1, -0.05) is 0 Å². The van der Waals surface area contributed by atoms with Crippen LogP contribution in [-0.4, -0.2) is 47.6 Å². The van der Waals surface area contributed by atoms with E-state index < -0.39 is 17.6 Å². The summed E-state index contributed by atoms with van der Waals surface area (Å²) in [5, 5.41) is 9.32. The van der Waals surface area contributed by atoms with Crippen LogP contribution in [0.3, 0.4) is 0 Å². The first-order valence-electron chi connectivity index (χ1n) is 7.68. The zero-order valence-corrected chi connectivity index (χ0v) is 12.5. The molecule has 0 radical (unpaired) electrons. The number of halogens is 2. The second-order valence-corrected chi connectivity index (χ2v) is 6.01. The van der Waals surface area contributed by atoms with Crippen molar-refractivity contribution in [3.05, 3.63) is 29.8 Å². The molecule has 2 atom stereocenters. The van der Waals surface area contributed by atoms with E-state index in [9.17, 15) is 23.5 Å². The minimum atomic E-state index is -0.819. The maximum atomic E-state index is 13.9. The molecule has 7 heteroatoms. The molecule has 2 heterocycles. The quantitative estimate of drug-likeness (QED) is 0.912. The van der Waals surface area contributed by atoms with Gasteiger partial charge in [-0.3, -0.25) is 9.59 Å². The molecule has 1 unspecified atom stereocenters. The lowest BCUT2D eigenvalue weighted by atomic mass is 10.1. The number of amides is 2. The molecular weight excluding hydrogens is 306 g/mol. The van der Waals surface area contributed by atoms with E-state index >= 15 is 0 Å². The smallest absolute Gasteiger partial charge is 0.228 e. The van der Waals surface area contributed by atoms with Gasteiger partial charge in [-0.2, -0.15) is 0 Å². The Balaban J connectivity index is 1.75. The van der Waals surface area contributed by atoms with Crippen molar-refractivity contribution in [3.63, 3.8) is 0 Å². The first-order valence-corrected chi connectivity index (χ1v) is 7.68. The number of nitrogens with zero attached hydrogens (tertiary/aromatic N) is 2. The van der Waals surface area contributed by atoms with Gasteiger partial charge in [-0.25, -0.2) is 8.78 Å².